The summed E-state index contributed by atoms with van der Waals surface area (Å²) in [6.07, 6.45) is 2.59. The van der Waals surface area contributed by atoms with Crippen molar-refractivity contribution < 1.29 is 17.9 Å². The van der Waals surface area contributed by atoms with Gasteiger partial charge in [0.05, 0.1) is 4.90 Å². The third kappa shape index (κ3) is 3.99. The zero-order valence-corrected chi connectivity index (χ0v) is 16.2. The van der Waals surface area contributed by atoms with Gasteiger partial charge in [-0.25, -0.2) is 22.5 Å². The number of carbonyl (C=O) groups is 1. The van der Waals surface area contributed by atoms with E-state index in [2.05, 4.69) is 11.9 Å². The van der Waals surface area contributed by atoms with Crippen LogP contribution in [-0.2, 0) is 26.0 Å². The zero-order chi connectivity index (χ0) is 19.6. The van der Waals surface area contributed by atoms with Gasteiger partial charge in [0.15, 0.2) is 5.70 Å². The minimum Gasteiger partial charge on any atom is -0.402 e. The molecule has 1 aliphatic rings. The van der Waals surface area contributed by atoms with Crippen LogP contribution in [-0.4, -0.2) is 38.7 Å². The molecule has 6 nitrogen and oxygen atoms in total. The van der Waals surface area contributed by atoms with E-state index in [0.717, 1.165) is 16.3 Å². The van der Waals surface area contributed by atoms with Gasteiger partial charge in [-0.15, -0.1) is 0 Å². The fourth-order valence-corrected chi connectivity index (χ4v) is 3.49. The second-order valence-electron chi connectivity index (χ2n) is 6.25. The van der Waals surface area contributed by atoms with Gasteiger partial charge in [0.1, 0.15) is 0 Å². The highest BCUT2D eigenvalue weighted by Gasteiger charge is 2.26. The lowest BCUT2D eigenvalue weighted by Gasteiger charge is -2.11. The molecule has 1 heterocycles. The smallest absolute Gasteiger partial charge is 0.363 e. The first-order valence-electron chi connectivity index (χ1n) is 8.45. The van der Waals surface area contributed by atoms with Crippen LogP contribution in [0.4, 0.5) is 0 Å². The van der Waals surface area contributed by atoms with E-state index in [9.17, 15) is 13.2 Å². The van der Waals surface area contributed by atoms with Crippen molar-refractivity contribution in [2.75, 3.05) is 14.1 Å². The molecule has 1 aliphatic heterocycles. The number of benzene rings is 2. The van der Waals surface area contributed by atoms with Crippen LogP contribution in [0.2, 0.25) is 0 Å². The summed E-state index contributed by atoms with van der Waals surface area (Å²) in [4.78, 5) is 16.5. The Balaban J connectivity index is 1.93. The summed E-state index contributed by atoms with van der Waals surface area (Å²) in [5, 5.41) is 0. The highest BCUT2D eigenvalue weighted by atomic mass is 32.2. The molecule has 0 saturated carbocycles. The minimum absolute atomic E-state index is 0.0900. The van der Waals surface area contributed by atoms with Gasteiger partial charge < -0.3 is 4.74 Å². The summed E-state index contributed by atoms with van der Waals surface area (Å²) >= 11 is 0. The maximum Gasteiger partial charge on any atom is 0.363 e. The van der Waals surface area contributed by atoms with Crippen LogP contribution in [0.3, 0.4) is 0 Å². The van der Waals surface area contributed by atoms with E-state index < -0.39 is 16.0 Å². The molecule has 0 unspecified atom stereocenters. The van der Waals surface area contributed by atoms with Gasteiger partial charge in [0.25, 0.3) is 0 Å². The molecule has 0 atom stereocenters. The van der Waals surface area contributed by atoms with Crippen LogP contribution in [0.25, 0.3) is 6.08 Å². The molecule has 0 spiro atoms. The normalized spacial score (nSPS) is 15.9. The maximum absolute atomic E-state index is 12.3. The van der Waals surface area contributed by atoms with E-state index in [1.54, 1.807) is 18.2 Å². The van der Waals surface area contributed by atoms with E-state index in [1.165, 1.54) is 31.8 Å². The molecular weight excluding hydrogens is 364 g/mol. The van der Waals surface area contributed by atoms with Crippen molar-refractivity contribution in [3.63, 3.8) is 0 Å². The van der Waals surface area contributed by atoms with E-state index in [0.29, 0.717) is 5.56 Å². The molecular formula is C20H20N2O4S. The Morgan fingerprint density at radius 1 is 1.11 bits per heavy atom. The number of cyclic esters (lactones) is 1. The number of sulfonamides is 1. The van der Waals surface area contributed by atoms with Gasteiger partial charge in [-0.05, 0) is 41.8 Å². The molecule has 0 aliphatic carbocycles. The average molecular weight is 384 g/mol. The summed E-state index contributed by atoms with van der Waals surface area (Å²) < 4.78 is 30.9. The summed E-state index contributed by atoms with van der Waals surface area (Å²) in [7, 11) is -0.672. The van der Waals surface area contributed by atoms with Crippen molar-refractivity contribution >= 4 is 28.0 Å². The molecule has 0 N–H and O–H groups in total. The third-order valence-electron chi connectivity index (χ3n) is 4.17. The number of rotatable bonds is 5. The Bertz CT molecular complexity index is 1040. The number of aliphatic imine (C=N–C) groups is 1. The van der Waals surface area contributed by atoms with Crippen molar-refractivity contribution in [3.05, 3.63) is 70.9 Å². The highest BCUT2D eigenvalue weighted by Crippen LogP contribution is 2.22. The lowest BCUT2D eigenvalue weighted by Crippen LogP contribution is -2.22. The molecule has 0 radical (unpaired) electrons. The average Bonchev–Trinajstić information content (AvgIpc) is 3.03. The standard InChI is InChI=1S/C20H20N2O4S/c1-4-14-8-10-15(11-9-14)12-18-20(23)26-19(21-18)16-6-5-7-17(13-16)27(24,25)22(2)3/h5-13H,4H2,1-3H3/b18-12-. The molecule has 0 fully saturated rings. The number of nitrogens with zero attached hydrogens (tertiary/aromatic N) is 2. The number of hydrogen-bond acceptors (Lipinski definition) is 5. The Kier molecular flexibility index (Phi) is 5.25. The molecule has 140 valence electrons. The Labute approximate surface area is 158 Å². The first-order valence-corrected chi connectivity index (χ1v) is 9.89. The fourth-order valence-electron chi connectivity index (χ4n) is 2.54. The summed E-state index contributed by atoms with van der Waals surface area (Å²) in [5.41, 5.74) is 2.65. The van der Waals surface area contributed by atoms with Crippen molar-refractivity contribution in [2.24, 2.45) is 4.99 Å². The van der Waals surface area contributed by atoms with E-state index in [1.807, 2.05) is 24.3 Å². The number of ether oxygens (including phenoxy) is 1. The van der Waals surface area contributed by atoms with Gasteiger partial charge in [-0.3, -0.25) is 0 Å². The monoisotopic (exact) mass is 384 g/mol. The zero-order valence-electron chi connectivity index (χ0n) is 15.3. The quantitative estimate of drug-likeness (QED) is 0.587. The predicted molar refractivity (Wildman–Crippen MR) is 104 cm³/mol. The lowest BCUT2D eigenvalue weighted by atomic mass is 10.1. The number of esters is 1. The topological polar surface area (TPSA) is 76.0 Å². The molecule has 0 bridgehead atoms. The fraction of sp³-hybridized carbons (Fsp3) is 0.200. The van der Waals surface area contributed by atoms with Gasteiger partial charge in [0, 0.05) is 19.7 Å². The van der Waals surface area contributed by atoms with Gasteiger partial charge in [0.2, 0.25) is 15.9 Å². The first-order chi connectivity index (χ1) is 12.8. The summed E-state index contributed by atoms with van der Waals surface area (Å²) in [5.74, 6) is -0.474. The number of aryl methyl sites for hydroxylation is 1. The molecule has 0 saturated heterocycles. The van der Waals surface area contributed by atoms with Crippen LogP contribution >= 0.6 is 0 Å². The Hall–Kier alpha value is -2.77. The SMILES string of the molecule is CCc1ccc(/C=C2\N=C(c3cccc(S(=O)(=O)N(C)C)c3)OC2=O)cc1. The van der Waals surface area contributed by atoms with Crippen LogP contribution in [0.15, 0.2) is 64.1 Å². The Morgan fingerprint density at radius 3 is 2.44 bits per heavy atom. The van der Waals surface area contributed by atoms with Crippen LogP contribution in [0.5, 0.6) is 0 Å². The Morgan fingerprint density at radius 2 is 1.81 bits per heavy atom. The van der Waals surface area contributed by atoms with Crippen molar-refractivity contribution in [1.82, 2.24) is 4.31 Å². The third-order valence-corrected chi connectivity index (χ3v) is 5.98. The maximum atomic E-state index is 12.3. The lowest BCUT2D eigenvalue weighted by molar-refractivity contribution is -0.129. The molecule has 3 rings (SSSR count). The first kappa shape index (κ1) is 19.0. The minimum atomic E-state index is -3.59. The summed E-state index contributed by atoms with van der Waals surface area (Å²) in [6.45, 7) is 2.07. The molecule has 0 amide bonds. The number of carbonyl (C=O) groups excluding carboxylic acids is 1. The van der Waals surface area contributed by atoms with Crippen molar-refractivity contribution in [1.29, 1.82) is 0 Å². The van der Waals surface area contributed by atoms with E-state index >= 15 is 0 Å². The van der Waals surface area contributed by atoms with E-state index in [-0.39, 0.29) is 16.5 Å². The number of hydrogen-bond donors (Lipinski definition) is 0. The summed E-state index contributed by atoms with van der Waals surface area (Å²) in [6, 6.07) is 14.0. The molecule has 0 aromatic heterocycles. The van der Waals surface area contributed by atoms with E-state index in [4.69, 9.17) is 4.74 Å². The van der Waals surface area contributed by atoms with Crippen molar-refractivity contribution in [2.45, 2.75) is 18.2 Å². The second kappa shape index (κ2) is 7.46. The van der Waals surface area contributed by atoms with Crippen LogP contribution in [0, 0.1) is 0 Å². The predicted octanol–water partition coefficient (Wildman–Crippen LogP) is 2.84. The molecule has 2 aromatic carbocycles. The highest BCUT2D eigenvalue weighted by molar-refractivity contribution is 7.89. The van der Waals surface area contributed by atoms with Crippen LogP contribution < -0.4 is 0 Å². The molecule has 2 aromatic rings. The molecule has 7 heteroatoms. The second-order valence-corrected chi connectivity index (χ2v) is 8.40. The van der Waals surface area contributed by atoms with Crippen molar-refractivity contribution in [3.8, 4) is 0 Å². The van der Waals surface area contributed by atoms with Gasteiger partial charge >= 0.3 is 5.97 Å². The largest absolute Gasteiger partial charge is 0.402 e. The molecule has 27 heavy (non-hydrogen) atoms. The van der Waals surface area contributed by atoms with Gasteiger partial charge in [-0.2, -0.15) is 0 Å². The van der Waals surface area contributed by atoms with Crippen LogP contribution in [0.1, 0.15) is 23.6 Å². The van der Waals surface area contributed by atoms with Gasteiger partial charge in [-0.1, -0.05) is 37.3 Å².